The van der Waals surface area contributed by atoms with Crippen LogP contribution in [0.25, 0.3) is 0 Å². The van der Waals surface area contributed by atoms with E-state index in [0.29, 0.717) is 19.4 Å². The van der Waals surface area contributed by atoms with Gasteiger partial charge in [-0.05, 0) is 18.4 Å². The quantitative estimate of drug-likeness (QED) is 0.766. The average molecular weight is 418 g/mol. The SMILES string of the molecule is O=C1C(OCc2ccccc2)CCCN1[C@H]1CN(C(=O)n2ccnc2)CC(F)(F)C1. The fraction of sp³-hybridized carbons (Fsp3) is 0.476. The van der Waals surface area contributed by atoms with E-state index < -0.39 is 37.1 Å². The number of likely N-dealkylation sites (tertiary alicyclic amines) is 2. The summed E-state index contributed by atoms with van der Waals surface area (Å²) in [7, 11) is 0. The lowest BCUT2D eigenvalue weighted by atomic mass is 9.97. The summed E-state index contributed by atoms with van der Waals surface area (Å²) >= 11 is 0. The first-order chi connectivity index (χ1) is 14.4. The molecule has 0 spiro atoms. The highest BCUT2D eigenvalue weighted by atomic mass is 19.3. The number of imidazole rings is 1. The summed E-state index contributed by atoms with van der Waals surface area (Å²) in [6, 6.07) is 8.18. The summed E-state index contributed by atoms with van der Waals surface area (Å²) < 4.78 is 35.9. The van der Waals surface area contributed by atoms with Gasteiger partial charge in [0, 0.05) is 31.9 Å². The third kappa shape index (κ3) is 4.51. The van der Waals surface area contributed by atoms with Crippen molar-refractivity contribution in [2.24, 2.45) is 0 Å². The van der Waals surface area contributed by atoms with Crippen molar-refractivity contribution >= 4 is 11.9 Å². The fourth-order valence-electron chi connectivity index (χ4n) is 4.12. The van der Waals surface area contributed by atoms with E-state index in [9.17, 15) is 18.4 Å². The molecule has 2 atom stereocenters. The maximum Gasteiger partial charge on any atom is 0.329 e. The van der Waals surface area contributed by atoms with Crippen molar-refractivity contribution in [2.75, 3.05) is 19.6 Å². The van der Waals surface area contributed by atoms with Crippen LogP contribution in [-0.4, -0.2) is 69.0 Å². The Bertz CT molecular complexity index is 876. The van der Waals surface area contributed by atoms with Crippen LogP contribution >= 0.6 is 0 Å². The molecule has 2 aromatic rings. The van der Waals surface area contributed by atoms with Crippen LogP contribution in [0.5, 0.6) is 0 Å². The largest absolute Gasteiger partial charge is 0.364 e. The molecule has 2 saturated heterocycles. The minimum absolute atomic E-state index is 0.0593. The Kier molecular flexibility index (Phi) is 5.80. The van der Waals surface area contributed by atoms with E-state index in [1.807, 2.05) is 30.3 Å². The van der Waals surface area contributed by atoms with Gasteiger partial charge in [0.25, 0.3) is 11.8 Å². The number of carbonyl (C=O) groups excluding carboxylic acids is 2. The van der Waals surface area contributed by atoms with Crippen molar-refractivity contribution in [3.63, 3.8) is 0 Å². The van der Waals surface area contributed by atoms with Crippen molar-refractivity contribution in [2.45, 2.75) is 43.9 Å². The molecule has 30 heavy (non-hydrogen) atoms. The molecule has 0 bridgehead atoms. The number of amides is 2. The number of hydrogen-bond acceptors (Lipinski definition) is 4. The first kappa shape index (κ1) is 20.5. The van der Waals surface area contributed by atoms with Crippen LogP contribution in [0.1, 0.15) is 24.8 Å². The van der Waals surface area contributed by atoms with Crippen molar-refractivity contribution in [1.82, 2.24) is 19.4 Å². The highest BCUT2D eigenvalue weighted by Gasteiger charge is 2.46. The van der Waals surface area contributed by atoms with Crippen LogP contribution in [0.15, 0.2) is 49.1 Å². The summed E-state index contributed by atoms with van der Waals surface area (Å²) in [5.74, 6) is -3.35. The smallest absolute Gasteiger partial charge is 0.329 e. The number of nitrogens with zero attached hydrogens (tertiary/aromatic N) is 4. The topological polar surface area (TPSA) is 67.7 Å². The van der Waals surface area contributed by atoms with Crippen LogP contribution in [-0.2, 0) is 16.1 Å². The highest BCUT2D eigenvalue weighted by Crippen LogP contribution is 2.32. The number of carbonyl (C=O) groups is 2. The number of halogens is 2. The summed E-state index contributed by atoms with van der Waals surface area (Å²) in [5, 5.41) is 0. The zero-order valence-electron chi connectivity index (χ0n) is 16.5. The molecular formula is C21H24F2N4O3. The van der Waals surface area contributed by atoms with Crippen LogP contribution in [0.2, 0.25) is 0 Å². The lowest BCUT2D eigenvalue weighted by molar-refractivity contribution is -0.157. The average Bonchev–Trinajstić information content (AvgIpc) is 3.27. The molecule has 2 aliphatic rings. The summed E-state index contributed by atoms with van der Waals surface area (Å²) in [6.07, 6.45) is 4.23. The minimum Gasteiger partial charge on any atom is -0.364 e. The zero-order chi connectivity index (χ0) is 21.1. The predicted molar refractivity (Wildman–Crippen MR) is 104 cm³/mol. The minimum atomic E-state index is -3.07. The number of hydrogen-bond donors (Lipinski definition) is 0. The van der Waals surface area contributed by atoms with Gasteiger partial charge < -0.3 is 14.5 Å². The van der Waals surface area contributed by atoms with Gasteiger partial charge in [0.05, 0.1) is 19.2 Å². The van der Waals surface area contributed by atoms with E-state index in [-0.39, 0.29) is 19.1 Å². The second-order valence-electron chi connectivity index (χ2n) is 7.81. The van der Waals surface area contributed by atoms with Crippen molar-refractivity contribution < 1.29 is 23.1 Å². The van der Waals surface area contributed by atoms with Gasteiger partial charge in [0.15, 0.2) is 0 Å². The third-order valence-corrected chi connectivity index (χ3v) is 5.54. The molecular weight excluding hydrogens is 394 g/mol. The molecule has 3 heterocycles. The Labute approximate surface area is 173 Å². The van der Waals surface area contributed by atoms with Crippen molar-refractivity contribution in [1.29, 1.82) is 0 Å². The highest BCUT2D eigenvalue weighted by molar-refractivity contribution is 5.82. The molecule has 7 nitrogen and oxygen atoms in total. The second kappa shape index (κ2) is 8.51. The number of aromatic nitrogens is 2. The Hall–Kier alpha value is -2.81. The van der Waals surface area contributed by atoms with E-state index in [4.69, 9.17) is 4.74 Å². The van der Waals surface area contributed by atoms with Crippen LogP contribution < -0.4 is 0 Å². The Morgan fingerprint density at radius 2 is 2.07 bits per heavy atom. The van der Waals surface area contributed by atoms with Gasteiger partial charge in [0.2, 0.25) is 0 Å². The monoisotopic (exact) mass is 418 g/mol. The van der Waals surface area contributed by atoms with Gasteiger partial charge in [-0.3, -0.25) is 9.36 Å². The second-order valence-corrected chi connectivity index (χ2v) is 7.81. The van der Waals surface area contributed by atoms with Gasteiger partial charge in [0.1, 0.15) is 12.4 Å². The Balaban J connectivity index is 1.44. The molecule has 0 aliphatic carbocycles. The predicted octanol–water partition coefficient (Wildman–Crippen LogP) is 2.77. The number of ether oxygens (including phenoxy) is 1. The molecule has 0 radical (unpaired) electrons. The molecule has 1 aromatic heterocycles. The maximum atomic E-state index is 14.5. The van der Waals surface area contributed by atoms with Crippen LogP contribution in [0.3, 0.4) is 0 Å². The van der Waals surface area contributed by atoms with Gasteiger partial charge in [-0.15, -0.1) is 0 Å². The normalized spacial score (nSPS) is 24.1. The van der Waals surface area contributed by atoms with Crippen molar-refractivity contribution in [3.8, 4) is 0 Å². The molecule has 0 N–H and O–H groups in total. The lowest BCUT2D eigenvalue weighted by Crippen LogP contribution is -2.61. The Morgan fingerprint density at radius 1 is 1.27 bits per heavy atom. The molecule has 9 heteroatoms. The lowest BCUT2D eigenvalue weighted by Gasteiger charge is -2.44. The molecule has 4 rings (SSSR count). The first-order valence-electron chi connectivity index (χ1n) is 10.0. The molecule has 2 amide bonds. The third-order valence-electron chi connectivity index (χ3n) is 5.54. The fourth-order valence-corrected chi connectivity index (χ4v) is 4.12. The molecule has 1 unspecified atom stereocenters. The van der Waals surface area contributed by atoms with E-state index in [1.54, 1.807) is 0 Å². The van der Waals surface area contributed by atoms with Gasteiger partial charge in [-0.1, -0.05) is 30.3 Å². The Morgan fingerprint density at radius 3 is 2.80 bits per heavy atom. The van der Waals surface area contributed by atoms with Crippen LogP contribution in [0, 0.1) is 0 Å². The summed E-state index contributed by atoms with van der Waals surface area (Å²) in [5.41, 5.74) is 0.948. The van der Waals surface area contributed by atoms with E-state index in [2.05, 4.69) is 4.98 Å². The number of alkyl halides is 2. The first-order valence-corrected chi connectivity index (χ1v) is 10.0. The standard InChI is InChI=1S/C21H24F2N4O3/c22-21(23)11-17(12-26(14-21)20(29)25-10-8-24-15-25)27-9-4-7-18(19(27)28)30-13-16-5-2-1-3-6-16/h1-3,5-6,8,10,15,17-18H,4,7,9,11-14H2/t17-,18?/m1/s1. The summed E-state index contributed by atoms with van der Waals surface area (Å²) in [6.45, 7) is 0.0647. The molecule has 2 aliphatic heterocycles. The van der Waals surface area contributed by atoms with Crippen molar-refractivity contribution in [3.05, 3.63) is 54.6 Å². The molecule has 2 fully saturated rings. The van der Waals surface area contributed by atoms with E-state index in [1.165, 1.54) is 28.2 Å². The van der Waals surface area contributed by atoms with E-state index in [0.717, 1.165) is 10.5 Å². The van der Waals surface area contributed by atoms with Gasteiger partial charge in [-0.2, -0.15) is 0 Å². The number of piperidine rings is 2. The molecule has 1 aromatic carbocycles. The molecule has 160 valence electrons. The van der Waals surface area contributed by atoms with E-state index >= 15 is 0 Å². The van der Waals surface area contributed by atoms with Gasteiger partial charge >= 0.3 is 6.03 Å². The van der Waals surface area contributed by atoms with Gasteiger partial charge in [-0.25, -0.2) is 18.6 Å². The number of benzene rings is 1. The zero-order valence-corrected chi connectivity index (χ0v) is 16.5. The molecule has 0 saturated carbocycles. The summed E-state index contributed by atoms with van der Waals surface area (Å²) in [4.78, 5) is 31.9. The number of rotatable bonds is 4. The maximum absolute atomic E-state index is 14.5. The van der Waals surface area contributed by atoms with Crippen LogP contribution in [0.4, 0.5) is 13.6 Å².